The molecule has 0 radical (unpaired) electrons. The largest absolute Gasteiger partial charge is 0.463 e. The number of hydrogen-bond donors (Lipinski definition) is 0. The lowest BCUT2D eigenvalue weighted by atomic mass is 9.97. The van der Waals surface area contributed by atoms with E-state index in [4.69, 9.17) is 0 Å². The summed E-state index contributed by atoms with van der Waals surface area (Å²) in [4.78, 5) is 21.5. The number of carbonyl (C=O) groups excluding carboxylic acids is 3. The van der Waals surface area contributed by atoms with E-state index in [0.717, 1.165) is 0 Å². The summed E-state index contributed by atoms with van der Waals surface area (Å²) in [6, 6.07) is 0. The van der Waals surface area contributed by atoms with Gasteiger partial charge in [0.15, 0.2) is 17.5 Å². The van der Waals surface area contributed by atoms with Crippen LogP contribution in [0.5, 0.6) is 0 Å². The van der Waals surface area contributed by atoms with Gasteiger partial charge in [0, 0.05) is 0 Å². The summed E-state index contributed by atoms with van der Waals surface area (Å²) in [6.07, 6.45) is 0. The average Bonchev–Trinajstić information content (AvgIpc) is 1.85. The quantitative estimate of drug-likeness (QED) is 0.233. The molecule has 0 unspecified atom stereocenters. The highest BCUT2D eigenvalue weighted by molar-refractivity contribution is 6.17. The third kappa shape index (κ3) is 2.49. The fourth-order valence-corrected chi connectivity index (χ4v) is 0.907. The lowest BCUT2D eigenvalue weighted by molar-refractivity contribution is -1.05. The van der Waals surface area contributed by atoms with E-state index in [1.807, 2.05) is 0 Å². The van der Waals surface area contributed by atoms with E-state index < -0.39 is 5.92 Å². The molecule has 0 saturated carbocycles. The first-order valence-corrected chi connectivity index (χ1v) is 3.15. The van der Waals surface area contributed by atoms with Gasteiger partial charge in [-0.1, -0.05) is 0 Å². The SMILES string of the molecule is CC(=O)C(C(C)=O)C(C)=[O+][O-]. The summed E-state index contributed by atoms with van der Waals surface area (Å²) in [7, 11) is 0. The summed E-state index contributed by atoms with van der Waals surface area (Å²) in [5, 5.41) is 9.84. The van der Waals surface area contributed by atoms with E-state index in [1.54, 1.807) is 0 Å². The first-order valence-electron chi connectivity index (χ1n) is 3.15. The number of rotatable bonds is 3. The normalized spacial score (nSPS) is 11.8. The second-order valence-electron chi connectivity index (χ2n) is 2.35. The molecular formula is C7H10O4. The Kier molecular flexibility index (Phi) is 3.44. The second-order valence-corrected chi connectivity index (χ2v) is 2.35. The highest BCUT2D eigenvalue weighted by Crippen LogP contribution is 2.01. The maximum Gasteiger partial charge on any atom is 0.344 e. The van der Waals surface area contributed by atoms with Crippen LogP contribution in [0.15, 0.2) is 0 Å². The highest BCUT2D eigenvalue weighted by Gasteiger charge is 2.30. The minimum absolute atomic E-state index is 0.0926. The van der Waals surface area contributed by atoms with Crippen molar-refractivity contribution in [2.75, 3.05) is 0 Å². The van der Waals surface area contributed by atoms with Crippen LogP contribution >= 0.6 is 0 Å². The van der Waals surface area contributed by atoms with Crippen LogP contribution in [0.4, 0.5) is 0 Å². The van der Waals surface area contributed by atoms with Gasteiger partial charge in [0.05, 0.1) is 6.92 Å². The van der Waals surface area contributed by atoms with Crippen molar-refractivity contribution in [1.29, 1.82) is 0 Å². The van der Waals surface area contributed by atoms with Crippen molar-refractivity contribution in [3.05, 3.63) is 0 Å². The Morgan fingerprint density at radius 2 is 1.55 bits per heavy atom. The Hall–Kier alpha value is -1.19. The molecule has 0 aliphatic rings. The molecule has 0 rings (SSSR count). The van der Waals surface area contributed by atoms with Gasteiger partial charge in [-0.2, -0.15) is 4.58 Å². The van der Waals surface area contributed by atoms with Crippen molar-refractivity contribution >= 4 is 17.3 Å². The van der Waals surface area contributed by atoms with Crippen LogP contribution in [0.1, 0.15) is 20.8 Å². The molecule has 11 heavy (non-hydrogen) atoms. The van der Waals surface area contributed by atoms with Gasteiger partial charge in [-0.15, -0.1) is 0 Å². The summed E-state index contributed by atoms with van der Waals surface area (Å²) in [5.74, 6) is -1.82. The van der Waals surface area contributed by atoms with Gasteiger partial charge in [0.1, 0.15) is 0 Å². The zero-order valence-corrected chi connectivity index (χ0v) is 6.71. The van der Waals surface area contributed by atoms with Gasteiger partial charge in [-0.05, 0) is 13.8 Å². The fourth-order valence-electron chi connectivity index (χ4n) is 0.907. The van der Waals surface area contributed by atoms with Crippen LogP contribution < -0.4 is 5.26 Å². The Balaban J connectivity index is 4.62. The third-order valence-corrected chi connectivity index (χ3v) is 1.35. The van der Waals surface area contributed by atoms with Crippen molar-refractivity contribution in [3.63, 3.8) is 0 Å². The molecule has 0 N–H and O–H groups in total. The first-order chi connectivity index (χ1) is 5.00. The lowest BCUT2D eigenvalue weighted by Crippen LogP contribution is -2.29. The Labute approximate surface area is 64.5 Å². The smallest absolute Gasteiger partial charge is 0.344 e. The van der Waals surface area contributed by atoms with Crippen LogP contribution in [0, 0.1) is 5.92 Å². The Morgan fingerprint density at radius 3 is 1.64 bits per heavy atom. The topological polar surface area (TPSA) is 68.5 Å². The van der Waals surface area contributed by atoms with Crippen LogP contribution in [0.2, 0.25) is 0 Å². The van der Waals surface area contributed by atoms with Crippen molar-refractivity contribution in [2.24, 2.45) is 5.92 Å². The molecule has 0 aromatic rings. The van der Waals surface area contributed by atoms with Gasteiger partial charge in [-0.3, -0.25) is 9.59 Å². The molecule has 0 aromatic carbocycles. The fraction of sp³-hybridized carbons (Fsp3) is 0.571. The predicted molar refractivity (Wildman–Crippen MR) is 35.5 cm³/mol. The predicted octanol–water partition coefficient (Wildman–Crippen LogP) is -0.819. The number of Topliss-reactive ketones (excluding diaryl/α,β-unsaturated/α-hetero) is 2. The van der Waals surface area contributed by atoms with Crippen LogP contribution in [-0.4, -0.2) is 17.3 Å². The van der Waals surface area contributed by atoms with E-state index >= 15 is 0 Å². The van der Waals surface area contributed by atoms with Gasteiger partial charge >= 0.3 is 5.78 Å². The van der Waals surface area contributed by atoms with Crippen molar-refractivity contribution in [3.8, 4) is 0 Å². The standard InChI is InChI=1S/C7H10O4/c1-4(8)7(5(2)9)6(3)11-10/h7H,1-3H3. The first kappa shape index (κ1) is 9.81. The van der Waals surface area contributed by atoms with Crippen molar-refractivity contribution in [2.45, 2.75) is 20.8 Å². The van der Waals surface area contributed by atoms with E-state index in [1.165, 1.54) is 20.8 Å². The van der Waals surface area contributed by atoms with Gasteiger partial charge in [-0.25, -0.2) is 0 Å². The van der Waals surface area contributed by atoms with Crippen LogP contribution in [0.25, 0.3) is 0 Å². The van der Waals surface area contributed by atoms with E-state index in [0.29, 0.717) is 0 Å². The van der Waals surface area contributed by atoms with E-state index in [-0.39, 0.29) is 17.3 Å². The molecule has 0 amide bonds. The molecular weight excluding hydrogens is 148 g/mol. The summed E-state index contributed by atoms with van der Waals surface area (Å²) < 4.78 is 3.56. The van der Waals surface area contributed by atoms with Crippen LogP contribution in [-0.2, 0) is 14.2 Å². The lowest BCUT2D eigenvalue weighted by Gasteiger charge is -1.99. The minimum Gasteiger partial charge on any atom is -0.463 e. The molecule has 0 saturated heterocycles. The second kappa shape index (κ2) is 3.85. The number of ketones is 3. The van der Waals surface area contributed by atoms with Crippen molar-refractivity contribution < 1.29 is 19.4 Å². The van der Waals surface area contributed by atoms with Gasteiger partial charge in [0.2, 0.25) is 0 Å². The zero-order chi connectivity index (χ0) is 9.02. The Morgan fingerprint density at radius 1 is 1.18 bits per heavy atom. The minimum atomic E-state index is -0.993. The molecule has 0 atom stereocenters. The third-order valence-electron chi connectivity index (χ3n) is 1.35. The molecule has 0 fully saturated rings. The van der Waals surface area contributed by atoms with E-state index in [9.17, 15) is 14.8 Å². The molecule has 4 heteroatoms. The molecule has 0 bridgehead atoms. The molecule has 4 nitrogen and oxygen atoms in total. The van der Waals surface area contributed by atoms with E-state index in [2.05, 4.69) is 4.58 Å². The molecule has 0 heterocycles. The van der Waals surface area contributed by atoms with Crippen LogP contribution in [0.3, 0.4) is 0 Å². The number of carbonyl (C=O) groups is 2. The monoisotopic (exact) mass is 158 g/mol. The molecule has 0 aliphatic heterocycles. The molecule has 62 valence electrons. The van der Waals surface area contributed by atoms with Gasteiger partial charge < -0.3 is 5.26 Å². The molecule has 0 aliphatic carbocycles. The zero-order valence-electron chi connectivity index (χ0n) is 6.71. The highest BCUT2D eigenvalue weighted by atomic mass is 17.1. The summed E-state index contributed by atoms with van der Waals surface area (Å²) in [6.45, 7) is 3.81. The molecule has 0 spiro atoms. The summed E-state index contributed by atoms with van der Waals surface area (Å²) >= 11 is 0. The van der Waals surface area contributed by atoms with Gasteiger partial charge in [0.25, 0.3) is 0 Å². The van der Waals surface area contributed by atoms with Crippen molar-refractivity contribution in [1.82, 2.24) is 0 Å². The average molecular weight is 158 g/mol. The Bertz CT molecular complexity index is 190. The number of hydrogen-bond acceptors (Lipinski definition) is 3. The summed E-state index contributed by atoms with van der Waals surface area (Å²) in [5.41, 5.74) is 0. The maximum absolute atomic E-state index is 10.7. The molecule has 0 aromatic heterocycles. The maximum atomic E-state index is 10.7.